The van der Waals surface area contributed by atoms with Gasteiger partial charge in [-0.15, -0.1) is 5.10 Å². The summed E-state index contributed by atoms with van der Waals surface area (Å²) < 4.78 is 7.55. The lowest BCUT2D eigenvalue weighted by Crippen LogP contribution is -2.01. The van der Waals surface area contributed by atoms with Crippen molar-refractivity contribution in [1.29, 1.82) is 0 Å². The number of hydrogen-bond donors (Lipinski definition) is 0. The minimum atomic E-state index is 0.571. The first-order valence-electron chi connectivity index (χ1n) is 7.56. The van der Waals surface area contributed by atoms with E-state index < -0.39 is 0 Å². The Labute approximate surface area is 140 Å². The van der Waals surface area contributed by atoms with Gasteiger partial charge in [0.05, 0.1) is 12.3 Å². The van der Waals surface area contributed by atoms with Crippen molar-refractivity contribution >= 4 is 11.6 Å². The SMILES string of the molecule is CCOc1nn(-c2ccccn2)c(C)c1Cc1cccc(Cl)c1. The largest absolute Gasteiger partial charge is 0.477 e. The lowest BCUT2D eigenvalue weighted by atomic mass is 10.1. The first kappa shape index (κ1) is 15.6. The second kappa shape index (κ2) is 6.84. The van der Waals surface area contributed by atoms with Gasteiger partial charge >= 0.3 is 0 Å². The van der Waals surface area contributed by atoms with E-state index in [0.29, 0.717) is 18.9 Å². The molecule has 0 spiro atoms. The second-order valence-electron chi connectivity index (χ2n) is 5.21. The van der Waals surface area contributed by atoms with E-state index in [-0.39, 0.29) is 0 Å². The molecule has 1 aromatic carbocycles. The first-order chi connectivity index (χ1) is 11.2. The highest BCUT2D eigenvalue weighted by Crippen LogP contribution is 2.27. The molecule has 0 amide bonds. The number of nitrogens with zero attached hydrogens (tertiary/aromatic N) is 3. The van der Waals surface area contributed by atoms with Gasteiger partial charge in [-0.05, 0) is 43.7 Å². The minimum Gasteiger partial charge on any atom is -0.477 e. The smallest absolute Gasteiger partial charge is 0.237 e. The maximum Gasteiger partial charge on any atom is 0.237 e. The van der Waals surface area contributed by atoms with Crippen molar-refractivity contribution in [3.63, 3.8) is 0 Å². The number of aromatic nitrogens is 3. The van der Waals surface area contributed by atoms with Crippen molar-refractivity contribution < 1.29 is 4.74 Å². The zero-order chi connectivity index (χ0) is 16.2. The summed E-state index contributed by atoms with van der Waals surface area (Å²) in [5.74, 6) is 1.43. The zero-order valence-corrected chi connectivity index (χ0v) is 13.9. The number of halogens is 1. The molecule has 2 heterocycles. The van der Waals surface area contributed by atoms with Crippen LogP contribution in [0.1, 0.15) is 23.7 Å². The third-order valence-corrected chi connectivity index (χ3v) is 3.86. The maximum atomic E-state index is 6.09. The van der Waals surface area contributed by atoms with Crippen LogP contribution in [-0.4, -0.2) is 21.4 Å². The predicted octanol–water partition coefficient (Wildman–Crippen LogP) is 4.22. The lowest BCUT2D eigenvalue weighted by molar-refractivity contribution is 0.321. The Morgan fingerprint density at radius 1 is 1.17 bits per heavy atom. The topological polar surface area (TPSA) is 39.9 Å². The number of pyridine rings is 1. The monoisotopic (exact) mass is 327 g/mol. The fraction of sp³-hybridized carbons (Fsp3) is 0.222. The number of hydrogen-bond acceptors (Lipinski definition) is 3. The van der Waals surface area contributed by atoms with Gasteiger partial charge in [0.2, 0.25) is 5.88 Å². The third-order valence-electron chi connectivity index (χ3n) is 3.62. The third kappa shape index (κ3) is 3.37. The van der Waals surface area contributed by atoms with Crippen molar-refractivity contribution in [2.45, 2.75) is 20.3 Å². The lowest BCUT2D eigenvalue weighted by Gasteiger charge is -2.05. The molecule has 0 unspecified atom stereocenters. The van der Waals surface area contributed by atoms with Gasteiger partial charge in [-0.1, -0.05) is 29.8 Å². The Balaban J connectivity index is 2.03. The second-order valence-corrected chi connectivity index (χ2v) is 5.65. The van der Waals surface area contributed by atoms with Crippen molar-refractivity contribution in [1.82, 2.24) is 14.8 Å². The summed E-state index contributed by atoms with van der Waals surface area (Å²) >= 11 is 6.09. The van der Waals surface area contributed by atoms with E-state index in [1.807, 2.05) is 54.9 Å². The van der Waals surface area contributed by atoms with E-state index in [2.05, 4.69) is 16.1 Å². The molecule has 0 aliphatic rings. The molecule has 3 rings (SSSR count). The van der Waals surface area contributed by atoms with E-state index in [1.165, 1.54) is 0 Å². The summed E-state index contributed by atoms with van der Waals surface area (Å²) in [4.78, 5) is 4.37. The summed E-state index contributed by atoms with van der Waals surface area (Å²) in [5, 5.41) is 5.32. The fourth-order valence-corrected chi connectivity index (χ4v) is 2.73. The molecule has 118 valence electrons. The Kier molecular flexibility index (Phi) is 4.63. The highest BCUT2D eigenvalue weighted by Gasteiger charge is 2.17. The van der Waals surface area contributed by atoms with Gasteiger partial charge in [0.25, 0.3) is 0 Å². The summed E-state index contributed by atoms with van der Waals surface area (Å²) in [5.41, 5.74) is 3.20. The van der Waals surface area contributed by atoms with Gasteiger partial charge in [0, 0.05) is 23.2 Å². The van der Waals surface area contributed by atoms with E-state index in [0.717, 1.165) is 27.7 Å². The van der Waals surface area contributed by atoms with E-state index in [4.69, 9.17) is 16.3 Å². The molecular weight excluding hydrogens is 310 g/mol. The summed E-state index contributed by atoms with van der Waals surface area (Å²) in [6.07, 6.45) is 2.47. The van der Waals surface area contributed by atoms with Crippen molar-refractivity contribution in [3.05, 3.63) is 70.5 Å². The van der Waals surface area contributed by atoms with Crippen LogP contribution in [0.3, 0.4) is 0 Å². The van der Waals surface area contributed by atoms with Gasteiger partial charge in [-0.2, -0.15) is 0 Å². The molecule has 23 heavy (non-hydrogen) atoms. The van der Waals surface area contributed by atoms with Crippen LogP contribution in [0.4, 0.5) is 0 Å². The zero-order valence-electron chi connectivity index (χ0n) is 13.2. The number of rotatable bonds is 5. The minimum absolute atomic E-state index is 0.571. The standard InChI is InChI=1S/C18H18ClN3O/c1-3-23-18-16(12-14-7-6-8-15(19)11-14)13(2)22(21-18)17-9-4-5-10-20-17/h4-11H,3,12H2,1-2H3. The normalized spacial score (nSPS) is 10.7. The summed E-state index contributed by atoms with van der Waals surface area (Å²) in [7, 11) is 0. The van der Waals surface area contributed by atoms with E-state index in [1.54, 1.807) is 6.20 Å². The molecule has 5 heteroatoms. The van der Waals surface area contributed by atoms with Crippen molar-refractivity contribution in [2.75, 3.05) is 6.61 Å². The summed E-state index contributed by atoms with van der Waals surface area (Å²) in [6.45, 7) is 4.56. The van der Waals surface area contributed by atoms with Gasteiger partial charge in [-0.25, -0.2) is 9.67 Å². The maximum absolute atomic E-state index is 6.09. The number of benzene rings is 1. The Hall–Kier alpha value is -2.33. The van der Waals surface area contributed by atoms with Crippen LogP contribution in [0.5, 0.6) is 5.88 Å². The fourth-order valence-electron chi connectivity index (χ4n) is 2.52. The summed E-state index contributed by atoms with van der Waals surface area (Å²) in [6, 6.07) is 13.6. The molecule has 0 bridgehead atoms. The Morgan fingerprint density at radius 2 is 2.04 bits per heavy atom. The molecule has 0 aliphatic carbocycles. The molecule has 0 radical (unpaired) electrons. The van der Waals surface area contributed by atoms with Crippen molar-refractivity contribution in [2.24, 2.45) is 0 Å². The molecule has 2 aromatic heterocycles. The molecule has 0 saturated heterocycles. The molecule has 0 fully saturated rings. The van der Waals surface area contributed by atoms with Crippen LogP contribution in [0.2, 0.25) is 5.02 Å². The van der Waals surface area contributed by atoms with Gasteiger partial charge in [0.1, 0.15) is 0 Å². The van der Waals surface area contributed by atoms with Gasteiger partial charge in [0.15, 0.2) is 5.82 Å². The predicted molar refractivity (Wildman–Crippen MR) is 91.5 cm³/mol. The molecule has 0 atom stereocenters. The average Bonchev–Trinajstić information content (AvgIpc) is 2.86. The number of ether oxygens (including phenoxy) is 1. The Morgan fingerprint density at radius 3 is 2.74 bits per heavy atom. The van der Waals surface area contributed by atoms with Crippen molar-refractivity contribution in [3.8, 4) is 11.7 Å². The van der Waals surface area contributed by atoms with Crippen LogP contribution in [0.25, 0.3) is 5.82 Å². The average molecular weight is 328 g/mol. The quantitative estimate of drug-likeness (QED) is 0.704. The first-order valence-corrected chi connectivity index (χ1v) is 7.94. The Bertz CT molecular complexity index is 799. The molecule has 0 aliphatic heterocycles. The van der Waals surface area contributed by atoms with E-state index in [9.17, 15) is 0 Å². The van der Waals surface area contributed by atoms with E-state index >= 15 is 0 Å². The van der Waals surface area contributed by atoms with Gasteiger partial charge in [-0.3, -0.25) is 0 Å². The molecule has 4 nitrogen and oxygen atoms in total. The van der Waals surface area contributed by atoms with Crippen LogP contribution in [-0.2, 0) is 6.42 Å². The molecule has 0 saturated carbocycles. The molecule has 0 N–H and O–H groups in total. The van der Waals surface area contributed by atoms with Crippen LogP contribution in [0, 0.1) is 6.92 Å². The highest BCUT2D eigenvalue weighted by molar-refractivity contribution is 6.30. The van der Waals surface area contributed by atoms with Crippen LogP contribution in [0.15, 0.2) is 48.7 Å². The van der Waals surface area contributed by atoms with Gasteiger partial charge < -0.3 is 4.74 Å². The molecule has 3 aromatic rings. The molecular formula is C18H18ClN3O. The van der Waals surface area contributed by atoms with Crippen LogP contribution < -0.4 is 4.74 Å². The highest BCUT2D eigenvalue weighted by atomic mass is 35.5. The van der Waals surface area contributed by atoms with Crippen LogP contribution >= 0.6 is 11.6 Å².